The van der Waals surface area contributed by atoms with Gasteiger partial charge in [0.2, 0.25) is 0 Å². The Labute approximate surface area is 114 Å². The first kappa shape index (κ1) is 13.8. The molecule has 0 heterocycles. The van der Waals surface area contributed by atoms with Crippen molar-refractivity contribution in [2.75, 3.05) is 7.11 Å². The molecule has 0 unspecified atom stereocenters. The van der Waals surface area contributed by atoms with Crippen LogP contribution in [0.25, 0.3) is 0 Å². The highest BCUT2D eigenvalue weighted by atomic mass is 16.5. The molecule has 1 aromatic rings. The van der Waals surface area contributed by atoms with Crippen molar-refractivity contribution in [2.45, 2.75) is 26.2 Å². The van der Waals surface area contributed by atoms with E-state index in [9.17, 15) is 9.59 Å². The van der Waals surface area contributed by atoms with Crippen molar-refractivity contribution >= 4 is 11.8 Å². The van der Waals surface area contributed by atoms with Gasteiger partial charge in [-0.25, -0.2) is 0 Å². The second-order valence-corrected chi connectivity index (χ2v) is 5.24. The van der Waals surface area contributed by atoms with E-state index in [1.165, 1.54) is 7.11 Å². The monoisotopic (exact) mass is 260 g/mol. The van der Waals surface area contributed by atoms with E-state index in [0.29, 0.717) is 0 Å². The second kappa shape index (κ2) is 6.00. The van der Waals surface area contributed by atoms with Gasteiger partial charge in [-0.3, -0.25) is 9.59 Å². The lowest BCUT2D eigenvalue weighted by Crippen LogP contribution is -2.29. The molecule has 1 saturated carbocycles. The summed E-state index contributed by atoms with van der Waals surface area (Å²) >= 11 is 0. The summed E-state index contributed by atoms with van der Waals surface area (Å²) in [6, 6.07) is 9.30. The van der Waals surface area contributed by atoms with E-state index in [1.54, 1.807) is 0 Å². The lowest BCUT2D eigenvalue weighted by molar-refractivity contribution is -0.147. The Balaban J connectivity index is 2.13. The molecule has 0 aliphatic heterocycles. The van der Waals surface area contributed by atoms with Crippen LogP contribution in [0.5, 0.6) is 0 Å². The lowest BCUT2D eigenvalue weighted by atomic mass is 9.80. The first-order valence-electron chi connectivity index (χ1n) is 6.82. The van der Waals surface area contributed by atoms with Crippen LogP contribution in [0.15, 0.2) is 30.3 Å². The Bertz CT molecular complexity index is 452. The summed E-state index contributed by atoms with van der Waals surface area (Å²) in [5.74, 6) is -0.182. The third-order valence-corrected chi connectivity index (χ3v) is 4.19. The zero-order valence-corrected chi connectivity index (χ0v) is 11.5. The summed E-state index contributed by atoms with van der Waals surface area (Å²) in [5.41, 5.74) is 0.727. The molecule has 0 spiro atoms. The van der Waals surface area contributed by atoms with E-state index in [1.807, 2.05) is 37.3 Å². The van der Waals surface area contributed by atoms with Crippen LogP contribution < -0.4 is 0 Å². The summed E-state index contributed by atoms with van der Waals surface area (Å²) in [6.07, 6.45) is 2.76. The quantitative estimate of drug-likeness (QED) is 0.617. The third kappa shape index (κ3) is 2.86. The van der Waals surface area contributed by atoms with Crippen LogP contribution in [0.2, 0.25) is 0 Å². The number of ether oxygens (including phenoxy) is 1. The summed E-state index contributed by atoms with van der Waals surface area (Å²) < 4.78 is 4.85. The minimum Gasteiger partial charge on any atom is -0.469 e. The molecule has 102 valence electrons. The highest BCUT2D eigenvalue weighted by molar-refractivity contribution is 5.98. The SMILES string of the molecule is COC(=O)[C@H]1CCC[C@@H]1[C@@H](C)C(=O)c1ccccc1. The fourth-order valence-electron chi connectivity index (χ4n) is 3.09. The minimum absolute atomic E-state index is 0.111. The van der Waals surface area contributed by atoms with E-state index in [-0.39, 0.29) is 29.5 Å². The molecule has 0 N–H and O–H groups in total. The number of benzene rings is 1. The van der Waals surface area contributed by atoms with Crippen molar-refractivity contribution in [3.63, 3.8) is 0 Å². The fourth-order valence-corrected chi connectivity index (χ4v) is 3.09. The first-order chi connectivity index (χ1) is 9.15. The van der Waals surface area contributed by atoms with E-state index < -0.39 is 0 Å². The van der Waals surface area contributed by atoms with Crippen LogP contribution in [-0.4, -0.2) is 18.9 Å². The fraction of sp³-hybridized carbons (Fsp3) is 0.500. The van der Waals surface area contributed by atoms with E-state index >= 15 is 0 Å². The van der Waals surface area contributed by atoms with Gasteiger partial charge in [0.15, 0.2) is 5.78 Å². The number of rotatable bonds is 4. The predicted molar refractivity (Wildman–Crippen MR) is 72.8 cm³/mol. The smallest absolute Gasteiger partial charge is 0.308 e. The Morgan fingerprint density at radius 1 is 1.21 bits per heavy atom. The topological polar surface area (TPSA) is 43.4 Å². The van der Waals surface area contributed by atoms with Gasteiger partial charge in [-0.1, -0.05) is 43.7 Å². The molecule has 1 aromatic carbocycles. The largest absolute Gasteiger partial charge is 0.469 e. The average molecular weight is 260 g/mol. The number of carbonyl (C=O) groups excluding carboxylic acids is 2. The van der Waals surface area contributed by atoms with Gasteiger partial charge < -0.3 is 4.74 Å². The van der Waals surface area contributed by atoms with Crippen LogP contribution in [0.4, 0.5) is 0 Å². The van der Waals surface area contributed by atoms with Crippen molar-refractivity contribution in [3.8, 4) is 0 Å². The zero-order chi connectivity index (χ0) is 13.8. The van der Waals surface area contributed by atoms with Gasteiger partial charge in [0.05, 0.1) is 13.0 Å². The maximum atomic E-state index is 12.4. The van der Waals surface area contributed by atoms with Gasteiger partial charge in [0, 0.05) is 11.5 Å². The van der Waals surface area contributed by atoms with Crippen LogP contribution >= 0.6 is 0 Å². The molecule has 0 saturated heterocycles. The number of hydrogen-bond acceptors (Lipinski definition) is 3. The number of carbonyl (C=O) groups is 2. The number of hydrogen-bond donors (Lipinski definition) is 0. The maximum Gasteiger partial charge on any atom is 0.308 e. The number of ketones is 1. The standard InChI is InChI=1S/C16H20O3/c1-11(15(17)12-7-4-3-5-8-12)13-9-6-10-14(13)16(18)19-2/h3-5,7-8,11,13-14H,6,9-10H2,1-2H3/t11-,13-,14+/m1/s1. The first-order valence-corrected chi connectivity index (χ1v) is 6.82. The highest BCUT2D eigenvalue weighted by Crippen LogP contribution is 2.38. The number of esters is 1. The number of methoxy groups -OCH3 is 1. The normalized spacial score (nSPS) is 23.9. The molecule has 3 heteroatoms. The maximum absolute atomic E-state index is 12.4. The molecule has 1 aliphatic carbocycles. The molecule has 3 nitrogen and oxygen atoms in total. The van der Waals surface area contributed by atoms with Crippen LogP contribution in [0.1, 0.15) is 36.5 Å². The molecule has 1 fully saturated rings. The van der Waals surface area contributed by atoms with Gasteiger partial charge in [-0.05, 0) is 18.8 Å². The van der Waals surface area contributed by atoms with Gasteiger partial charge in [-0.2, -0.15) is 0 Å². The Morgan fingerprint density at radius 2 is 1.89 bits per heavy atom. The summed E-state index contributed by atoms with van der Waals surface area (Å²) in [5, 5.41) is 0. The molecule has 0 aromatic heterocycles. The van der Waals surface area contributed by atoms with Crippen molar-refractivity contribution < 1.29 is 14.3 Å². The van der Waals surface area contributed by atoms with Crippen LogP contribution in [0.3, 0.4) is 0 Å². The molecule has 0 bridgehead atoms. The Hall–Kier alpha value is -1.64. The van der Waals surface area contributed by atoms with Crippen molar-refractivity contribution in [2.24, 2.45) is 17.8 Å². The molecule has 19 heavy (non-hydrogen) atoms. The van der Waals surface area contributed by atoms with E-state index in [4.69, 9.17) is 4.74 Å². The van der Waals surface area contributed by atoms with E-state index in [0.717, 1.165) is 24.8 Å². The molecule has 0 radical (unpaired) electrons. The van der Waals surface area contributed by atoms with Crippen LogP contribution in [-0.2, 0) is 9.53 Å². The van der Waals surface area contributed by atoms with Gasteiger partial charge >= 0.3 is 5.97 Å². The average Bonchev–Trinajstić information content (AvgIpc) is 2.95. The number of Topliss-reactive ketones (excluding diaryl/α,β-unsaturated/α-hetero) is 1. The molecular weight excluding hydrogens is 240 g/mol. The van der Waals surface area contributed by atoms with Gasteiger partial charge in [-0.15, -0.1) is 0 Å². The Morgan fingerprint density at radius 3 is 2.53 bits per heavy atom. The predicted octanol–water partition coefficient (Wildman–Crippen LogP) is 3.09. The third-order valence-electron chi connectivity index (χ3n) is 4.19. The van der Waals surface area contributed by atoms with Gasteiger partial charge in [0.1, 0.15) is 0 Å². The molecule has 1 aliphatic rings. The van der Waals surface area contributed by atoms with Crippen LogP contribution in [0, 0.1) is 17.8 Å². The zero-order valence-electron chi connectivity index (χ0n) is 11.5. The van der Waals surface area contributed by atoms with E-state index in [2.05, 4.69) is 0 Å². The lowest BCUT2D eigenvalue weighted by Gasteiger charge is -2.23. The second-order valence-electron chi connectivity index (χ2n) is 5.24. The summed E-state index contributed by atoms with van der Waals surface area (Å²) in [7, 11) is 1.42. The molecule has 2 rings (SSSR count). The molecule has 3 atom stereocenters. The van der Waals surface area contributed by atoms with Crippen molar-refractivity contribution in [3.05, 3.63) is 35.9 Å². The van der Waals surface area contributed by atoms with Crippen molar-refractivity contribution in [1.29, 1.82) is 0 Å². The molecular formula is C16H20O3. The summed E-state index contributed by atoms with van der Waals surface area (Å²) in [6.45, 7) is 1.93. The van der Waals surface area contributed by atoms with Crippen molar-refractivity contribution in [1.82, 2.24) is 0 Å². The Kier molecular flexibility index (Phi) is 4.35. The highest BCUT2D eigenvalue weighted by Gasteiger charge is 2.39. The summed E-state index contributed by atoms with van der Waals surface area (Å²) in [4.78, 5) is 24.2. The van der Waals surface area contributed by atoms with Gasteiger partial charge in [0.25, 0.3) is 0 Å². The minimum atomic E-state index is -0.171. The molecule has 0 amide bonds.